The van der Waals surface area contributed by atoms with E-state index in [9.17, 15) is 4.79 Å². The highest BCUT2D eigenvalue weighted by molar-refractivity contribution is 5.92. The molecule has 0 saturated heterocycles. The maximum Gasteiger partial charge on any atom is 0.273 e. The zero-order valence-electron chi connectivity index (χ0n) is 10.1. The summed E-state index contributed by atoms with van der Waals surface area (Å²) in [5.41, 5.74) is 6.52. The lowest BCUT2D eigenvalue weighted by atomic mass is 10.3. The van der Waals surface area contributed by atoms with Crippen molar-refractivity contribution in [2.24, 2.45) is 5.73 Å². The molecule has 3 N–H and O–H groups in total. The molecular weight excluding hydrogens is 230 g/mol. The number of nitrogens with one attached hydrogen (secondary N) is 1. The van der Waals surface area contributed by atoms with Gasteiger partial charge in [-0.05, 0) is 19.1 Å². The van der Waals surface area contributed by atoms with Crippen molar-refractivity contribution in [3.8, 4) is 5.69 Å². The van der Waals surface area contributed by atoms with Gasteiger partial charge in [-0.3, -0.25) is 4.79 Å². The maximum absolute atomic E-state index is 11.8. The zero-order chi connectivity index (χ0) is 13.0. The molecule has 0 unspecified atom stereocenters. The first-order valence-electron chi connectivity index (χ1n) is 5.69. The van der Waals surface area contributed by atoms with Crippen LogP contribution in [0.15, 0.2) is 36.5 Å². The van der Waals surface area contributed by atoms with E-state index < -0.39 is 0 Å². The van der Waals surface area contributed by atoms with Crippen molar-refractivity contribution in [1.82, 2.24) is 20.3 Å². The highest BCUT2D eigenvalue weighted by Crippen LogP contribution is 2.04. The molecule has 94 valence electrons. The molecule has 1 amide bonds. The van der Waals surface area contributed by atoms with Crippen LogP contribution in [0.5, 0.6) is 0 Å². The predicted molar refractivity (Wildman–Crippen MR) is 67.3 cm³/mol. The Kier molecular flexibility index (Phi) is 3.69. The van der Waals surface area contributed by atoms with Crippen LogP contribution in [-0.2, 0) is 0 Å². The molecule has 6 nitrogen and oxygen atoms in total. The molecule has 1 heterocycles. The molecule has 0 aliphatic rings. The van der Waals surface area contributed by atoms with Gasteiger partial charge in [0.1, 0.15) is 0 Å². The quantitative estimate of drug-likeness (QED) is 0.813. The van der Waals surface area contributed by atoms with Gasteiger partial charge in [-0.1, -0.05) is 18.2 Å². The number of hydrogen-bond donors (Lipinski definition) is 2. The van der Waals surface area contributed by atoms with Crippen molar-refractivity contribution in [2.75, 3.05) is 6.54 Å². The number of carbonyl (C=O) groups is 1. The lowest BCUT2D eigenvalue weighted by Gasteiger charge is -2.08. The van der Waals surface area contributed by atoms with E-state index in [1.165, 1.54) is 11.0 Å². The number of aromatic nitrogens is 3. The van der Waals surface area contributed by atoms with Gasteiger partial charge >= 0.3 is 0 Å². The van der Waals surface area contributed by atoms with Crippen LogP contribution >= 0.6 is 0 Å². The molecule has 1 aromatic carbocycles. The van der Waals surface area contributed by atoms with Crippen LogP contribution in [0.3, 0.4) is 0 Å². The summed E-state index contributed by atoms with van der Waals surface area (Å²) < 4.78 is 0. The first-order valence-corrected chi connectivity index (χ1v) is 5.69. The number of para-hydroxylation sites is 1. The van der Waals surface area contributed by atoms with Gasteiger partial charge in [0.25, 0.3) is 5.91 Å². The summed E-state index contributed by atoms with van der Waals surface area (Å²) >= 11 is 0. The molecule has 2 rings (SSSR count). The summed E-state index contributed by atoms with van der Waals surface area (Å²) in [5, 5.41) is 10.9. The van der Waals surface area contributed by atoms with Crippen molar-refractivity contribution in [3.05, 3.63) is 42.2 Å². The van der Waals surface area contributed by atoms with E-state index in [0.717, 1.165) is 5.69 Å². The Morgan fingerprint density at radius 3 is 2.83 bits per heavy atom. The highest BCUT2D eigenvalue weighted by Gasteiger charge is 2.13. The first-order chi connectivity index (χ1) is 8.70. The number of amides is 1. The molecule has 0 bridgehead atoms. The first kappa shape index (κ1) is 12.3. The fourth-order valence-electron chi connectivity index (χ4n) is 1.41. The van der Waals surface area contributed by atoms with Crippen LogP contribution in [-0.4, -0.2) is 33.5 Å². The van der Waals surface area contributed by atoms with Crippen LogP contribution < -0.4 is 11.1 Å². The molecule has 18 heavy (non-hydrogen) atoms. The minimum atomic E-state index is -0.268. The monoisotopic (exact) mass is 245 g/mol. The van der Waals surface area contributed by atoms with Gasteiger partial charge < -0.3 is 11.1 Å². The number of rotatable bonds is 4. The Hall–Kier alpha value is -2.21. The van der Waals surface area contributed by atoms with Crippen molar-refractivity contribution in [2.45, 2.75) is 13.0 Å². The Morgan fingerprint density at radius 1 is 1.44 bits per heavy atom. The van der Waals surface area contributed by atoms with Crippen LogP contribution in [0.1, 0.15) is 17.4 Å². The van der Waals surface area contributed by atoms with Crippen molar-refractivity contribution in [3.63, 3.8) is 0 Å². The molecular formula is C12H15N5O. The molecule has 0 radical (unpaired) electrons. The third-order valence-corrected chi connectivity index (χ3v) is 2.44. The fourth-order valence-corrected chi connectivity index (χ4v) is 1.41. The van der Waals surface area contributed by atoms with E-state index in [1.807, 2.05) is 37.3 Å². The summed E-state index contributed by atoms with van der Waals surface area (Å²) in [6, 6.07) is 9.32. The van der Waals surface area contributed by atoms with E-state index in [2.05, 4.69) is 15.5 Å². The van der Waals surface area contributed by atoms with Gasteiger partial charge in [0.2, 0.25) is 0 Å². The van der Waals surface area contributed by atoms with Crippen molar-refractivity contribution >= 4 is 5.91 Å². The second kappa shape index (κ2) is 5.42. The largest absolute Gasteiger partial charge is 0.347 e. The lowest BCUT2D eigenvalue weighted by Crippen LogP contribution is -2.38. The molecule has 6 heteroatoms. The topological polar surface area (TPSA) is 85.8 Å². The van der Waals surface area contributed by atoms with Gasteiger partial charge in [-0.25, -0.2) is 0 Å². The Balaban J connectivity index is 2.13. The summed E-state index contributed by atoms with van der Waals surface area (Å²) in [4.78, 5) is 13.2. The van der Waals surface area contributed by atoms with E-state index in [4.69, 9.17) is 5.73 Å². The molecule has 1 aromatic heterocycles. The van der Waals surface area contributed by atoms with Crippen LogP contribution in [0, 0.1) is 0 Å². The number of nitrogens with two attached hydrogens (primary N) is 1. The second-order valence-corrected chi connectivity index (χ2v) is 3.97. The van der Waals surface area contributed by atoms with Crippen LogP contribution in [0.2, 0.25) is 0 Å². The number of benzene rings is 1. The summed E-state index contributed by atoms with van der Waals surface area (Å²) in [6.07, 6.45) is 1.44. The van der Waals surface area contributed by atoms with Gasteiger partial charge in [-0.15, -0.1) is 5.10 Å². The molecule has 0 aliphatic carbocycles. The number of carbonyl (C=O) groups excluding carboxylic acids is 1. The molecule has 2 aromatic rings. The predicted octanol–water partition coefficient (Wildman–Crippen LogP) is 0.344. The Morgan fingerprint density at radius 2 is 2.17 bits per heavy atom. The summed E-state index contributed by atoms with van der Waals surface area (Å²) in [7, 11) is 0. The SMILES string of the molecule is C[C@@H](CN)NC(=O)c1cnn(-c2ccccc2)n1. The molecule has 0 spiro atoms. The summed E-state index contributed by atoms with van der Waals surface area (Å²) in [5.74, 6) is -0.268. The van der Waals surface area contributed by atoms with E-state index in [-0.39, 0.29) is 17.6 Å². The normalized spacial score (nSPS) is 12.1. The number of hydrogen-bond acceptors (Lipinski definition) is 4. The molecule has 0 saturated carbocycles. The molecule has 0 aliphatic heterocycles. The molecule has 1 atom stereocenters. The highest BCUT2D eigenvalue weighted by atomic mass is 16.2. The van der Waals surface area contributed by atoms with Crippen LogP contribution in [0.4, 0.5) is 0 Å². The smallest absolute Gasteiger partial charge is 0.273 e. The van der Waals surface area contributed by atoms with E-state index in [1.54, 1.807) is 0 Å². The van der Waals surface area contributed by atoms with Gasteiger partial charge in [-0.2, -0.15) is 9.90 Å². The minimum absolute atomic E-state index is 0.0839. The van der Waals surface area contributed by atoms with Crippen molar-refractivity contribution < 1.29 is 4.79 Å². The Bertz CT molecular complexity index is 522. The van der Waals surface area contributed by atoms with Crippen molar-refractivity contribution in [1.29, 1.82) is 0 Å². The second-order valence-electron chi connectivity index (χ2n) is 3.97. The average molecular weight is 245 g/mol. The zero-order valence-corrected chi connectivity index (χ0v) is 10.1. The third-order valence-electron chi connectivity index (χ3n) is 2.44. The standard InChI is InChI=1S/C12H15N5O/c1-9(7-13)15-12(18)11-8-14-17(16-11)10-5-3-2-4-6-10/h2-6,8-9H,7,13H2,1H3,(H,15,18)/t9-/m0/s1. The third kappa shape index (κ3) is 2.72. The van der Waals surface area contributed by atoms with E-state index >= 15 is 0 Å². The van der Waals surface area contributed by atoms with Gasteiger partial charge in [0.15, 0.2) is 5.69 Å². The molecule has 0 fully saturated rings. The average Bonchev–Trinajstić information content (AvgIpc) is 2.89. The number of nitrogens with zero attached hydrogens (tertiary/aromatic N) is 3. The lowest BCUT2D eigenvalue weighted by molar-refractivity contribution is 0.0936. The minimum Gasteiger partial charge on any atom is -0.347 e. The maximum atomic E-state index is 11.8. The summed E-state index contributed by atoms with van der Waals surface area (Å²) in [6.45, 7) is 2.22. The van der Waals surface area contributed by atoms with Gasteiger partial charge in [0.05, 0.1) is 11.9 Å². The van der Waals surface area contributed by atoms with Gasteiger partial charge in [0, 0.05) is 12.6 Å². The fraction of sp³-hybridized carbons (Fsp3) is 0.250. The Labute approximate surface area is 105 Å². The van der Waals surface area contributed by atoms with E-state index in [0.29, 0.717) is 6.54 Å². The van der Waals surface area contributed by atoms with Crippen LogP contribution in [0.25, 0.3) is 5.69 Å².